The maximum absolute atomic E-state index is 10.7. The van der Waals surface area contributed by atoms with E-state index in [1.165, 1.54) is 7.11 Å². The number of aliphatic carboxylic acids is 1. The SMILES string of the molecule is COCC(CO)NCC(C)(C)C(=O)O. The van der Waals surface area contributed by atoms with Crippen LogP contribution in [-0.4, -0.2) is 49.1 Å². The first-order valence-corrected chi connectivity index (χ1v) is 4.50. The highest BCUT2D eigenvalue weighted by molar-refractivity contribution is 5.73. The first kappa shape index (κ1) is 13.4. The minimum absolute atomic E-state index is 0.0659. The first-order valence-electron chi connectivity index (χ1n) is 4.50. The molecule has 0 aliphatic carbocycles. The Bertz CT molecular complexity index is 182. The van der Waals surface area contributed by atoms with Crippen molar-refractivity contribution in [1.82, 2.24) is 5.32 Å². The first-order chi connectivity index (χ1) is 6.44. The van der Waals surface area contributed by atoms with Gasteiger partial charge in [-0.1, -0.05) is 0 Å². The second-order valence-electron chi connectivity index (χ2n) is 3.90. The number of methoxy groups -OCH3 is 1. The molecule has 0 aromatic heterocycles. The number of ether oxygens (including phenoxy) is 1. The van der Waals surface area contributed by atoms with Crippen LogP contribution in [0.3, 0.4) is 0 Å². The summed E-state index contributed by atoms with van der Waals surface area (Å²) >= 11 is 0. The number of hydrogen-bond acceptors (Lipinski definition) is 4. The van der Waals surface area contributed by atoms with Crippen molar-refractivity contribution in [3.63, 3.8) is 0 Å². The Kier molecular flexibility index (Phi) is 5.68. The van der Waals surface area contributed by atoms with Crippen molar-refractivity contribution in [3.8, 4) is 0 Å². The van der Waals surface area contributed by atoms with Crippen LogP contribution in [0.1, 0.15) is 13.8 Å². The van der Waals surface area contributed by atoms with Crippen LogP contribution in [0.4, 0.5) is 0 Å². The smallest absolute Gasteiger partial charge is 0.310 e. The molecule has 3 N–H and O–H groups in total. The van der Waals surface area contributed by atoms with E-state index in [0.29, 0.717) is 13.2 Å². The fraction of sp³-hybridized carbons (Fsp3) is 0.889. The zero-order valence-electron chi connectivity index (χ0n) is 8.91. The quantitative estimate of drug-likeness (QED) is 0.531. The van der Waals surface area contributed by atoms with Gasteiger partial charge < -0.3 is 20.3 Å². The summed E-state index contributed by atoms with van der Waals surface area (Å²) < 4.78 is 4.85. The molecule has 0 saturated carbocycles. The lowest BCUT2D eigenvalue weighted by atomic mass is 9.93. The van der Waals surface area contributed by atoms with E-state index < -0.39 is 11.4 Å². The molecule has 0 heterocycles. The van der Waals surface area contributed by atoms with Crippen molar-refractivity contribution in [2.75, 3.05) is 26.9 Å². The van der Waals surface area contributed by atoms with E-state index in [1.54, 1.807) is 13.8 Å². The van der Waals surface area contributed by atoms with Crippen molar-refractivity contribution in [2.45, 2.75) is 19.9 Å². The van der Waals surface area contributed by atoms with E-state index in [2.05, 4.69) is 5.32 Å². The van der Waals surface area contributed by atoms with Gasteiger partial charge in [0.05, 0.1) is 24.7 Å². The van der Waals surface area contributed by atoms with E-state index in [-0.39, 0.29) is 12.6 Å². The van der Waals surface area contributed by atoms with Crippen LogP contribution >= 0.6 is 0 Å². The third kappa shape index (κ3) is 4.55. The summed E-state index contributed by atoms with van der Waals surface area (Å²) in [5, 5.41) is 20.7. The van der Waals surface area contributed by atoms with Gasteiger partial charge in [-0.15, -0.1) is 0 Å². The van der Waals surface area contributed by atoms with Gasteiger partial charge in [-0.05, 0) is 13.8 Å². The molecule has 14 heavy (non-hydrogen) atoms. The third-order valence-electron chi connectivity index (χ3n) is 2.00. The van der Waals surface area contributed by atoms with Gasteiger partial charge in [0.2, 0.25) is 0 Å². The predicted molar refractivity (Wildman–Crippen MR) is 52.2 cm³/mol. The van der Waals surface area contributed by atoms with Gasteiger partial charge in [-0.25, -0.2) is 0 Å². The van der Waals surface area contributed by atoms with E-state index in [1.807, 2.05) is 0 Å². The minimum atomic E-state index is -0.862. The average Bonchev–Trinajstić information content (AvgIpc) is 2.12. The number of carboxylic acid groups (broad SMARTS) is 1. The second-order valence-corrected chi connectivity index (χ2v) is 3.90. The molecule has 0 radical (unpaired) electrons. The van der Waals surface area contributed by atoms with Gasteiger partial charge in [-0.3, -0.25) is 4.79 Å². The molecular weight excluding hydrogens is 186 g/mol. The lowest BCUT2D eigenvalue weighted by Crippen LogP contribution is -2.44. The normalized spacial score (nSPS) is 14.0. The van der Waals surface area contributed by atoms with E-state index in [4.69, 9.17) is 14.9 Å². The predicted octanol–water partition coefficient (Wildman–Crippen LogP) is -0.306. The molecule has 0 saturated heterocycles. The van der Waals surface area contributed by atoms with Crippen LogP contribution < -0.4 is 5.32 Å². The molecule has 0 rings (SSSR count). The number of aliphatic hydroxyl groups excluding tert-OH is 1. The molecule has 0 bridgehead atoms. The van der Waals surface area contributed by atoms with Gasteiger partial charge in [0, 0.05) is 13.7 Å². The fourth-order valence-electron chi connectivity index (χ4n) is 0.852. The van der Waals surface area contributed by atoms with Crippen molar-refractivity contribution in [3.05, 3.63) is 0 Å². The van der Waals surface area contributed by atoms with Gasteiger partial charge in [0.15, 0.2) is 0 Å². The minimum Gasteiger partial charge on any atom is -0.481 e. The molecule has 0 spiro atoms. The Morgan fingerprint density at radius 1 is 1.57 bits per heavy atom. The second kappa shape index (κ2) is 5.95. The summed E-state index contributed by atoms with van der Waals surface area (Å²) in [6.45, 7) is 3.86. The summed E-state index contributed by atoms with van der Waals surface area (Å²) in [5.74, 6) is -0.862. The highest BCUT2D eigenvalue weighted by Crippen LogP contribution is 2.13. The average molecular weight is 205 g/mol. The van der Waals surface area contributed by atoms with Crippen molar-refractivity contribution in [2.24, 2.45) is 5.41 Å². The van der Waals surface area contributed by atoms with E-state index >= 15 is 0 Å². The zero-order valence-corrected chi connectivity index (χ0v) is 8.91. The Morgan fingerprint density at radius 3 is 2.50 bits per heavy atom. The van der Waals surface area contributed by atoms with E-state index in [9.17, 15) is 4.79 Å². The molecule has 0 aliphatic rings. The van der Waals surface area contributed by atoms with Crippen LogP contribution in [0.5, 0.6) is 0 Å². The Hall–Kier alpha value is -0.650. The van der Waals surface area contributed by atoms with Gasteiger partial charge in [-0.2, -0.15) is 0 Å². The molecule has 0 aliphatic heterocycles. The van der Waals surface area contributed by atoms with Crippen molar-refractivity contribution >= 4 is 5.97 Å². The lowest BCUT2D eigenvalue weighted by Gasteiger charge is -2.23. The summed E-state index contributed by atoms with van der Waals surface area (Å²) in [4.78, 5) is 10.7. The number of rotatable bonds is 7. The van der Waals surface area contributed by atoms with Gasteiger partial charge >= 0.3 is 5.97 Å². The van der Waals surface area contributed by atoms with Crippen LogP contribution in [0.25, 0.3) is 0 Å². The highest BCUT2D eigenvalue weighted by Gasteiger charge is 2.27. The molecule has 0 fully saturated rings. The molecule has 84 valence electrons. The maximum Gasteiger partial charge on any atom is 0.310 e. The monoisotopic (exact) mass is 205 g/mol. The van der Waals surface area contributed by atoms with Crippen LogP contribution in [0.15, 0.2) is 0 Å². The Labute approximate surface area is 84.1 Å². The van der Waals surface area contributed by atoms with Crippen LogP contribution in [-0.2, 0) is 9.53 Å². The van der Waals surface area contributed by atoms with Crippen LogP contribution in [0, 0.1) is 5.41 Å². The number of carboxylic acids is 1. The summed E-state index contributed by atoms with van der Waals surface area (Å²) in [6.07, 6.45) is 0. The molecule has 0 aromatic carbocycles. The molecular formula is C9H19NO4. The molecule has 1 atom stereocenters. The third-order valence-corrected chi connectivity index (χ3v) is 2.00. The molecule has 0 aromatic rings. The molecule has 5 heteroatoms. The summed E-state index contributed by atoms with van der Waals surface area (Å²) in [7, 11) is 1.53. The largest absolute Gasteiger partial charge is 0.481 e. The Morgan fingerprint density at radius 2 is 2.14 bits per heavy atom. The number of aliphatic hydroxyl groups is 1. The fourth-order valence-corrected chi connectivity index (χ4v) is 0.852. The number of carbonyl (C=O) groups is 1. The van der Waals surface area contributed by atoms with Gasteiger partial charge in [0.25, 0.3) is 0 Å². The van der Waals surface area contributed by atoms with Gasteiger partial charge in [0.1, 0.15) is 0 Å². The number of hydrogen-bond donors (Lipinski definition) is 3. The summed E-state index contributed by atoms with van der Waals surface area (Å²) in [5.41, 5.74) is -0.832. The van der Waals surface area contributed by atoms with Crippen molar-refractivity contribution in [1.29, 1.82) is 0 Å². The Balaban J connectivity index is 3.95. The maximum atomic E-state index is 10.7. The van der Waals surface area contributed by atoms with Crippen LogP contribution in [0.2, 0.25) is 0 Å². The number of nitrogens with one attached hydrogen (secondary N) is 1. The highest BCUT2D eigenvalue weighted by atomic mass is 16.5. The standard InChI is InChI=1S/C9H19NO4/c1-9(2,8(12)13)6-10-7(4-11)5-14-3/h7,10-11H,4-6H2,1-3H3,(H,12,13). The summed E-state index contributed by atoms with van der Waals surface area (Å²) in [6, 6.07) is -0.210. The van der Waals surface area contributed by atoms with Crippen molar-refractivity contribution < 1.29 is 19.7 Å². The topological polar surface area (TPSA) is 78.8 Å². The lowest BCUT2D eigenvalue weighted by molar-refractivity contribution is -0.146. The zero-order chi connectivity index (χ0) is 11.2. The molecule has 5 nitrogen and oxygen atoms in total. The van der Waals surface area contributed by atoms with E-state index in [0.717, 1.165) is 0 Å². The molecule has 0 amide bonds. The molecule has 1 unspecified atom stereocenters.